The molecule has 1 N–H and O–H groups in total. The molecule has 0 saturated carbocycles. The maximum Gasteiger partial charge on any atom is 0.335 e. The lowest BCUT2D eigenvalue weighted by Gasteiger charge is -2.18. The zero-order valence-corrected chi connectivity index (χ0v) is 13.0. The summed E-state index contributed by atoms with van der Waals surface area (Å²) in [4.78, 5) is 12.9. The highest BCUT2D eigenvalue weighted by atomic mass is 35.5. The fourth-order valence-electron chi connectivity index (χ4n) is 2.08. The van der Waals surface area contributed by atoms with Crippen LogP contribution in [0, 0.1) is 0 Å². The lowest BCUT2D eigenvalue weighted by Crippen LogP contribution is -2.17. The normalized spacial score (nSPS) is 10.9. The van der Waals surface area contributed by atoms with Crippen molar-refractivity contribution in [2.45, 2.75) is 13.1 Å². The number of aromatic carboxylic acids is 1. The van der Waals surface area contributed by atoms with Crippen LogP contribution >= 0.6 is 23.2 Å². The van der Waals surface area contributed by atoms with Crippen molar-refractivity contribution in [3.63, 3.8) is 0 Å². The van der Waals surface area contributed by atoms with Gasteiger partial charge in [0.15, 0.2) is 0 Å². The second kappa shape index (κ2) is 6.94. The molecule has 0 aliphatic rings. The first-order valence-electron chi connectivity index (χ1n) is 6.40. The minimum Gasteiger partial charge on any atom is -0.478 e. The van der Waals surface area contributed by atoms with Gasteiger partial charge in [-0.1, -0.05) is 35.3 Å². The van der Waals surface area contributed by atoms with Crippen LogP contribution in [0.25, 0.3) is 0 Å². The average molecular weight is 324 g/mol. The molecule has 2 aromatic carbocycles. The highest BCUT2D eigenvalue weighted by Gasteiger charge is 2.07. The lowest BCUT2D eigenvalue weighted by atomic mass is 10.1. The van der Waals surface area contributed by atoms with E-state index >= 15 is 0 Å². The van der Waals surface area contributed by atoms with Crippen molar-refractivity contribution >= 4 is 29.2 Å². The third-order valence-electron chi connectivity index (χ3n) is 3.10. The largest absolute Gasteiger partial charge is 0.478 e. The Balaban J connectivity index is 2.02. The number of hydrogen-bond donors (Lipinski definition) is 1. The molecule has 0 amide bonds. The van der Waals surface area contributed by atoms with Gasteiger partial charge < -0.3 is 5.11 Å². The highest BCUT2D eigenvalue weighted by Crippen LogP contribution is 2.22. The summed E-state index contributed by atoms with van der Waals surface area (Å²) >= 11 is 12.1. The maximum atomic E-state index is 10.8. The maximum absolute atomic E-state index is 10.8. The van der Waals surface area contributed by atoms with E-state index in [1.165, 1.54) is 0 Å². The van der Waals surface area contributed by atoms with Crippen LogP contribution in [0.1, 0.15) is 21.5 Å². The zero-order chi connectivity index (χ0) is 15.4. The number of benzene rings is 2. The first kappa shape index (κ1) is 15.8. The molecule has 0 aliphatic heterocycles. The zero-order valence-electron chi connectivity index (χ0n) is 11.5. The summed E-state index contributed by atoms with van der Waals surface area (Å²) in [7, 11) is 1.97. The fraction of sp³-hybridized carbons (Fsp3) is 0.188. The average Bonchev–Trinajstić information content (AvgIpc) is 2.43. The molecule has 2 rings (SSSR count). The van der Waals surface area contributed by atoms with Crippen LogP contribution in [0.3, 0.4) is 0 Å². The van der Waals surface area contributed by atoms with Gasteiger partial charge in [-0.3, -0.25) is 4.90 Å². The van der Waals surface area contributed by atoms with Crippen LogP contribution < -0.4 is 0 Å². The molecule has 0 heterocycles. The van der Waals surface area contributed by atoms with Gasteiger partial charge in [0, 0.05) is 23.1 Å². The molecule has 0 saturated heterocycles. The van der Waals surface area contributed by atoms with E-state index in [0.717, 1.165) is 11.1 Å². The Morgan fingerprint density at radius 3 is 2.38 bits per heavy atom. The van der Waals surface area contributed by atoms with Gasteiger partial charge in [0.05, 0.1) is 5.56 Å². The summed E-state index contributed by atoms with van der Waals surface area (Å²) in [5, 5.41) is 10.2. The third kappa shape index (κ3) is 4.46. The second-order valence-electron chi connectivity index (χ2n) is 4.91. The van der Waals surface area contributed by atoms with Crippen molar-refractivity contribution in [3.8, 4) is 0 Å². The van der Waals surface area contributed by atoms with Crippen molar-refractivity contribution in [1.82, 2.24) is 4.90 Å². The number of carboxylic acids is 1. The Hall–Kier alpha value is -1.55. The number of rotatable bonds is 5. The number of nitrogens with zero attached hydrogens (tertiary/aromatic N) is 1. The Morgan fingerprint density at radius 2 is 1.76 bits per heavy atom. The van der Waals surface area contributed by atoms with Gasteiger partial charge in [0.25, 0.3) is 0 Å². The monoisotopic (exact) mass is 323 g/mol. The molecule has 0 bridgehead atoms. The standard InChI is InChI=1S/C16H15Cl2NO2/c1-19(10-13-8-14(17)6-7-15(13)18)9-11-2-4-12(5-3-11)16(20)21/h2-8H,9-10H2,1H3,(H,20,21). The molecule has 110 valence electrons. The summed E-state index contributed by atoms with van der Waals surface area (Å²) in [5.41, 5.74) is 2.30. The second-order valence-corrected chi connectivity index (χ2v) is 5.75. The Kier molecular flexibility index (Phi) is 5.23. The minimum atomic E-state index is -0.916. The predicted octanol–water partition coefficient (Wildman–Crippen LogP) is 4.32. The molecule has 0 aliphatic carbocycles. The molecule has 5 heteroatoms. The molecule has 0 spiro atoms. The molecular formula is C16H15Cl2NO2. The van der Waals surface area contributed by atoms with E-state index in [9.17, 15) is 4.79 Å². The molecule has 0 unspecified atom stereocenters. The van der Waals surface area contributed by atoms with Gasteiger partial charge in [-0.05, 0) is 48.5 Å². The van der Waals surface area contributed by atoms with Crippen molar-refractivity contribution in [2.24, 2.45) is 0 Å². The van der Waals surface area contributed by atoms with E-state index in [2.05, 4.69) is 4.90 Å². The molecule has 0 radical (unpaired) electrons. The van der Waals surface area contributed by atoms with Gasteiger partial charge in [0.1, 0.15) is 0 Å². The van der Waals surface area contributed by atoms with Crippen LogP contribution in [0.5, 0.6) is 0 Å². The fourth-order valence-corrected chi connectivity index (χ4v) is 2.45. The number of carboxylic acid groups (broad SMARTS) is 1. The van der Waals surface area contributed by atoms with Gasteiger partial charge in [0.2, 0.25) is 0 Å². The van der Waals surface area contributed by atoms with Gasteiger partial charge >= 0.3 is 5.97 Å². The van der Waals surface area contributed by atoms with E-state index in [1.54, 1.807) is 24.3 Å². The number of carbonyl (C=O) groups is 1. The van der Waals surface area contributed by atoms with Crippen molar-refractivity contribution in [2.75, 3.05) is 7.05 Å². The predicted molar refractivity (Wildman–Crippen MR) is 85.0 cm³/mol. The summed E-state index contributed by atoms with van der Waals surface area (Å²) in [6, 6.07) is 12.3. The number of halogens is 2. The smallest absolute Gasteiger partial charge is 0.335 e. The Bertz CT molecular complexity index is 641. The van der Waals surface area contributed by atoms with Gasteiger partial charge in [-0.2, -0.15) is 0 Å². The molecule has 0 atom stereocenters. The molecule has 0 fully saturated rings. The van der Waals surface area contributed by atoms with Crippen LogP contribution in [-0.2, 0) is 13.1 Å². The quantitative estimate of drug-likeness (QED) is 0.890. The number of hydrogen-bond acceptors (Lipinski definition) is 2. The summed E-state index contributed by atoms with van der Waals surface area (Å²) in [6.07, 6.45) is 0. The molecule has 0 aromatic heterocycles. The first-order valence-corrected chi connectivity index (χ1v) is 7.16. The van der Waals surface area contributed by atoms with E-state index in [4.69, 9.17) is 28.3 Å². The van der Waals surface area contributed by atoms with E-state index < -0.39 is 5.97 Å². The molecule has 2 aromatic rings. The molecule has 3 nitrogen and oxygen atoms in total. The Labute approximate surface area is 133 Å². The van der Waals surface area contributed by atoms with E-state index in [1.807, 2.05) is 25.2 Å². The van der Waals surface area contributed by atoms with E-state index in [0.29, 0.717) is 28.7 Å². The van der Waals surface area contributed by atoms with Crippen LogP contribution in [0.2, 0.25) is 10.0 Å². The summed E-state index contributed by atoms with van der Waals surface area (Å²) in [6.45, 7) is 1.36. The highest BCUT2D eigenvalue weighted by molar-refractivity contribution is 6.33. The van der Waals surface area contributed by atoms with Crippen LogP contribution in [0.15, 0.2) is 42.5 Å². The first-order chi connectivity index (χ1) is 9.95. The van der Waals surface area contributed by atoms with E-state index in [-0.39, 0.29) is 0 Å². The SMILES string of the molecule is CN(Cc1ccc(C(=O)O)cc1)Cc1cc(Cl)ccc1Cl. The molecule has 21 heavy (non-hydrogen) atoms. The summed E-state index contributed by atoms with van der Waals surface area (Å²) in [5.74, 6) is -0.916. The van der Waals surface area contributed by atoms with Crippen molar-refractivity contribution in [1.29, 1.82) is 0 Å². The van der Waals surface area contributed by atoms with Crippen molar-refractivity contribution in [3.05, 3.63) is 69.2 Å². The van der Waals surface area contributed by atoms with Gasteiger partial charge in [-0.15, -0.1) is 0 Å². The lowest BCUT2D eigenvalue weighted by molar-refractivity contribution is 0.0697. The Morgan fingerprint density at radius 1 is 1.10 bits per heavy atom. The summed E-state index contributed by atoms with van der Waals surface area (Å²) < 4.78 is 0. The van der Waals surface area contributed by atoms with Crippen LogP contribution in [-0.4, -0.2) is 23.0 Å². The molecular weight excluding hydrogens is 309 g/mol. The van der Waals surface area contributed by atoms with Crippen LogP contribution in [0.4, 0.5) is 0 Å². The van der Waals surface area contributed by atoms with Gasteiger partial charge in [-0.25, -0.2) is 4.79 Å². The third-order valence-corrected chi connectivity index (χ3v) is 3.71. The minimum absolute atomic E-state index is 0.291. The topological polar surface area (TPSA) is 40.5 Å². The van der Waals surface area contributed by atoms with Crippen molar-refractivity contribution < 1.29 is 9.90 Å².